The van der Waals surface area contributed by atoms with Gasteiger partial charge in [0, 0.05) is 36.4 Å². The van der Waals surface area contributed by atoms with Crippen LogP contribution in [0.3, 0.4) is 0 Å². The van der Waals surface area contributed by atoms with Gasteiger partial charge in [-0.2, -0.15) is 0 Å². The van der Waals surface area contributed by atoms with Gasteiger partial charge in [-0.1, -0.05) is 6.07 Å². The summed E-state index contributed by atoms with van der Waals surface area (Å²) in [6.07, 6.45) is 2.87. The Kier molecular flexibility index (Phi) is 6.77. The van der Waals surface area contributed by atoms with Gasteiger partial charge in [-0.3, -0.25) is 9.59 Å². The lowest BCUT2D eigenvalue weighted by molar-refractivity contribution is -0.117. The summed E-state index contributed by atoms with van der Waals surface area (Å²) in [7, 11) is 2.87. The van der Waals surface area contributed by atoms with Gasteiger partial charge in [-0.05, 0) is 37.5 Å². The van der Waals surface area contributed by atoms with E-state index >= 15 is 0 Å². The van der Waals surface area contributed by atoms with Crippen LogP contribution in [0.4, 0.5) is 21.6 Å². The van der Waals surface area contributed by atoms with Gasteiger partial charge in [0.1, 0.15) is 5.75 Å². The van der Waals surface area contributed by atoms with Gasteiger partial charge in [-0.15, -0.1) is 10.2 Å². The fourth-order valence-electron chi connectivity index (χ4n) is 3.64. The molecule has 11 nitrogen and oxygen atoms in total. The molecule has 4 rings (SSSR count). The zero-order chi connectivity index (χ0) is 26.0. The quantitative estimate of drug-likeness (QED) is 0.369. The number of benzene rings is 1. The third kappa shape index (κ3) is 4.92. The van der Waals surface area contributed by atoms with Crippen molar-refractivity contribution >= 4 is 35.0 Å². The summed E-state index contributed by atoms with van der Waals surface area (Å²) >= 11 is 0. The maximum absolute atomic E-state index is 14.4. The van der Waals surface area contributed by atoms with Crippen molar-refractivity contribution in [3.05, 3.63) is 53.2 Å². The first-order chi connectivity index (χ1) is 17.2. The lowest BCUT2D eigenvalue weighted by Gasteiger charge is -2.19. The molecule has 2 aromatic heterocycles. The Morgan fingerprint density at radius 1 is 1.11 bits per heavy atom. The number of hydrogen-bond acceptors (Lipinski definition) is 8. The van der Waals surface area contributed by atoms with E-state index in [1.54, 1.807) is 19.1 Å². The molecule has 1 saturated carbocycles. The molecule has 12 heteroatoms. The molecule has 0 aliphatic heterocycles. The molecule has 0 bridgehead atoms. The number of carbonyl (C=O) groups is 3. The number of rotatable bonds is 8. The van der Waals surface area contributed by atoms with E-state index in [0.29, 0.717) is 28.1 Å². The van der Waals surface area contributed by atoms with Crippen molar-refractivity contribution in [2.45, 2.75) is 19.8 Å². The van der Waals surface area contributed by atoms with E-state index in [1.165, 1.54) is 26.4 Å². The van der Waals surface area contributed by atoms with Gasteiger partial charge in [0.15, 0.2) is 23.0 Å². The highest BCUT2D eigenvalue weighted by Gasteiger charge is 2.30. The molecule has 3 aromatic rings. The highest BCUT2D eigenvalue weighted by Crippen LogP contribution is 2.41. The first kappa shape index (κ1) is 24.5. The number of pyridine rings is 1. The predicted molar refractivity (Wildman–Crippen MR) is 128 cm³/mol. The van der Waals surface area contributed by atoms with Crippen LogP contribution in [0.2, 0.25) is 0 Å². The van der Waals surface area contributed by atoms with Gasteiger partial charge in [0.05, 0.1) is 18.5 Å². The summed E-state index contributed by atoms with van der Waals surface area (Å²) in [6.45, 7) is 1.78. The van der Waals surface area contributed by atoms with E-state index in [1.807, 2.05) is 0 Å². The van der Waals surface area contributed by atoms with Gasteiger partial charge in [-0.25, -0.2) is 14.2 Å². The van der Waals surface area contributed by atoms with Gasteiger partial charge in [0.2, 0.25) is 5.91 Å². The standard InChI is InChI=1S/C24H23FN6O5/c1-11-4-7-15(21(36-3)18(11)13-8-14(25)19(24(34)35)27-10-13)28-16-9-17(29-22(32)12-5-6-12)30-31-20(16)23(33)26-2/h4,7-10,12H,5-6H2,1-3H3,(H,26,33)(H,34,35)(H2,28,29,30,32). The second-order valence-corrected chi connectivity index (χ2v) is 8.16. The fraction of sp³-hybridized carbons (Fsp3) is 0.250. The number of halogens is 1. The normalized spacial score (nSPS) is 12.6. The molecule has 0 atom stereocenters. The lowest BCUT2D eigenvalue weighted by atomic mass is 9.99. The van der Waals surface area contributed by atoms with E-state index < -0.39 is 23.4 Å². The number of nitrogens with zero attached hydrogens (tertiary/aromatic N) is 3. The second kappa shape index (κ2) is 9.94. The maximum atomic E-state index is 14.4. The highest BCUT2D eigenvalue weighted by atomic mass is 19.1. The predicted octanol–water partition coefficient (Wildman–Crippen LogP) is 3.14. The van der Waals surface area contributed by atoms with Crippen LogP contribution in [0.1, 0.15) is 39.4 Å². The number of hydrogen-bond donors (Lipinski definition) is 4. The molecule has 0 radical (unpaired) electrons. The van der Waals surface area contributed by atoms with Crippen molar-refractivity contribution in [2.75, 3.05) is 24.8 Å². The molecule has 186 valence electrons. The molecule has 2 amide bonds. The molecule has 36 heavy (non-hydrogen) atoms. The Hall–Kier alpha value is -4.61. The minimum atomic E-state index is -1.48. The summed E-state index contributed by atoms with van der Waals surface area (Å²) in [5.41, 5.74) is 1.41. The van der Waals surface area contributed by atoms with Crippen LogP contribution in [0, 0.1) is 18.7 Å². The Bertz CT molecular complexity index is 1380. The van der Waals surface area contributed by atoms with Crippen molar-refractivity contribution in [3.63, 3.8) is 0 Å². The molecule has 1 aliphatic rings. The Morgan fingerprint density at radius 2 is 1.86 bits per heavy atom. The number of carboxylic acid groups (broad SMARTS) is 1. The van der Waals surface area contributed by atoms with Crippen LogP contribution < -0.4 is 20.7 Å². The van der Waals surface area contributed by atoms with Gasteiger partial charge in [0.25, 0.3) is 5.91 Å². The number of aryl methyl sites for hydroxylation is 1. The van der Waals surface area contributed by atoms with Gasteiger partial charge >= 0.3 is 5.97 Å². The van der Waals surface area contributed by atoms with Crippen LogP contribution in [0.15, 0.2) is 30.5 Å². The first-order valence-electron chi connectivity index (χ1n) is 11.0. The van der Waals surface area contributed by atoms with Crippen molar-refractivity contribution < 1.29 is 28.6 Å². The van der Waals surface area contributed by atoms with E-state index in [2.05, 4.69) is 31.1 Å². The minimum absolute atomic E-state index is 0.0235. The Morgan fingerprint density at radius 3 is 2.47 bits per heavy atom. The third-order valence-corrected chi connectivity index (χ3v) is 5.61. The summed E-state index contributed by atoms with van der Waals surface area (Å²) < 4.78 is 20.0. The molecular formula is C24H23FN6O5. The SMILES string of the molecule is CNC(=O)c1nnc(NC(=O)C2CC2)cc1Nc1ccc(C)c(-c2cnc(C(=O)O)c(F)c2)c1OC. The molecule has 0 saturated heterocycles. The number of aromatic nitrogens is 3. The van der Waals surface area contributed by atoms with Crippen molar-refractivity contribution in [3.8, 4) is 16.9 Å². The number of amides is 2. The van der Waals surface area contributed by atoms with E-state index in [0.717, 1.165) is 18.9 Å². The smallest absolute Gasteiger partial charge is 0.357 e. The van der Waals surface area contributed by atoms with E-state index in [9.17, 15) is 18.8 Å². The molecule has 0 unspecified atom stereocenters. The zero-order valence-corrected chi connectivity index (χ0v) is 19.7. The maximum Gasteiger partial charge on any atom is 0.357 e. The van der Waals surface area contributed by atoms with Crippen LogP contribution in [-0.4, -0.2) is 52.2 Å². The summed E-state index contributed by atoms with van der Waals surface area (Å²) in [4.78, 5) is 39.5. The van der Waals surface area contributed by atoms with Crippen LogP contribution in [0.25, 0.3) is 11.1 Å². The summed E-state index contributed by atoms with van der Waals surface area (Å²) in [5, 5.41) is 25.3. The summed E-state index contributed by atoms with van der Waals surface area (Å²) in [6, 6.07) is 6.00. The first-order valence-corrected chi connectivity index (χ1v) is 11.0. The number of anilines is 3. The molecule has 1 aromatic carbocycles. The molecule has 2 heterocycles. The molecular weight excluding hydrogens is 471 g/mol. The largest absolute Gasteiger partial charge is 0.494 e. The van der Waals surface area contributed by atoms with Gasteiger partial charge < -0.3 is 25.8 Å². The Labute approximate surface area is 205 Å². The number of carbonyl (C=O) groups excluding carboxylic acids is 2. The van der Waals surface area contributed by atoms with Crippen molar-refractivity contribution in [1.82, 2.24) is 20.5 Å². The van der Waals surface area contributed by atoms with Crippen LogP contribution in [-0.2, 0) is 4.79 Å². The average Bonchev–Trinajstić information content (AvgIpc) is 3.70. The number of methoxy groups -OCH3 is 1. The number of carboxylic acids is 1. The number of aromatic carboxylic acids is 1. The lowest BCUT2D eigenvalue weighted by Crippen LogP contribution is -2.22. The number of ether oxygens (including phenoxy) is 1. The second-order valence-electron chi connectivity index (χ2n) is 8.16. The monoisotopic (exact) mass is 494 g/mol. The topological polar surface area (TPSA) is 155 Å². The molecule has 1 fully saturated rings. The van der Waals surface area contributed by atoms with Crippen molar-refractivity contribution in [1.29, 1.82) is 0 Å². The Balaban J connectivity index is 1.77. The van der Waals surface area contributed by atoms with E-state index in [-0.39, 0.29) is 29.0 Å². The van der Waals surface area contributed by atoms with E-state index in [4.69, 9.17) is 9.84 Å². The number of nitrogens with one attached hydrogen (secondary N) is 3. The molecule has 0 spiro atoms. The molecule has 1 aliphatic carbocycles. The van der Waals surface area contributed by atoms with Crippen LogP contribution in [0.5, 0.6) is 5.75 Å². The summed E-state index contributed by atoms with van der Waals surface area (Å²) in [5.74, 6) is -2.73. The average molecular weight is 494 g/mol. The molecule has 4 N–H and O–H groups in total. The van der Waals surface area contributed by atoms with Crippen molar-refractivity contribution in [2.24, 2.45) is 5.92 Å². The fourth-order valence-corrected chi connectivity index (χ4v) is 3.64. The van der Waals surface area contributed by atoms with Crippen LogP contribution >= 0.6 is 0 Å². The zero-order valence-electron chi connectivity index (χ0n) is 19.7. The minimum Gasteiger partial charge on any atom is -0.494 e. The highest BCUT2D eigenvalue weighted by molar-refractivity contribution is 6.00. The third-order valence-electron chi connectivity index (χ3n) is 5.61.